The molecule has 0 saturated carbocycles. The summed E-state index contributed by atoms with van der Waals surface area (Å²) in [5.74, 6) is 0. The number of benzene rings is 1. The van der Waals surface area contributed by atoms with Gasteiger partial charge < -0.3 is 15.4 Å². The van der Waals surface area contributed by atoms with Crippen molar-refractivity contribution in [1.29, 1.82) is 5.41 Å². The van der Waals surface area contributed by atoms with Crippen LogP contribution in [0.3, 0.4) is 0 Å². The standard InChI is InChI=1S/C11H12F3N3O/c12-11(13,14)8-2-1-3-9(15)7(8)6-17-4-5-18-10(17)16/h1-3,16H,4-6,15H2. The Morgan fingerprint density at radius 3 is 2.67 bits per heavy atom. The summed E-state index contributed by atoms with van der Waals surface area (Å²) in [6.07, 6.45) is -4.45. The molecule has 0 aromatic heterocycles. The second-order valence-electron chi connectivity index (χ2n) is 3.95. The number of halogens is 3. The Morgan fingerprint density at radius 1 is 1.39 bits per heavy atom. The van der Waals surface area contributed by atoms with Crippen molar-refractivity contribution in [3.63, 3.8) is 0 Å². The summed E-state index contributed by atoms with van der Waals surface area (Å²) in [6.45, 7) is 0.637. The molecule has 1 heterocycles. The molecule has 1 aromatic carbocycles. The fraction of sp³-hybridized carbons (Fsp3) is 0.364. The van der Waals surface area contributed by atoms with Crippen molar-refractivity contribution in [3.05, 3.63) is 29.3 Å². The predicted molar refractivity (Wildman–Crippen MR) is 59.9 cm³/mol. The van der Waals surface area contributed by atoms with Crippen LogP contribution in [0.4, 0.5) is 18.9 Å². The van der Waals surface area contributed by atoms with E-state index in [-0.39, 0.29) is 23.8 Å². The lowest BCUT2D eigenvalue weighted by Gasteiger charge is -2.20. The van der Waals surface area contributed by atoms with Crippen LogP contribution in [-0.2, 0) is 17.5 Å². The number of rotatable bonds is 2. The van der Waals surface area contributed by atoms with Gasteiger partial charge in [-0.2, -0.15) is 13.2 Å². The quantitative estimate of drug-likeness (QED) is 0.799. The van der Waals surface area contributed by atoms with Crippen LogP contribution in [0, 0.1) is 5.41 Å². The van der Waals surface area contributed by atoms with Crippen molar-refractivity contribution >= 4 is 11.7 Å². The average molecular weight is 259 g/mol. The Bertz CT molecular complexity index is 473. The summed E-state index contributed by atoms with van der Waals surface area (Å²) < 4.78 is 43.4. The minimum Gasteiger partial charge on any atom is -0.463 e. The van der Waals surface area contributed by atoms with Gasteiger partial charge in [0.25, 0.3) is 6.02 Å². The first-order chi connectivity index (χ1) is 8.39. The van der Waals surface area contributed by atoms with Gasteiger partial charge in [0.1, 0.15) is 6.61 Å². The Balaban J connectivity index is 2.34. The third-order valence-electron chi connectivity index (χ3n) is 2.75. The average Bonchev–Trinajstić information content (AvgIpc) is 2.66. The molecule has 0 amide bonds. The number of nitrogens with one attached hydrogen (secondary N) is 1. The van der Waals surface area contributed by atoms with E-state index < -0.39 is 11.7 Å². The lowest BCUT2D eigenvalue weighted by atomic mass is 10.0. The van der Waals surface area contributed by atoms with Gasteiger partial charge in [-0.1, -0.05) is 6.07 Å². The van der Waals surface area contributed by atoms with Crippen LogP contribution in [-0.4, -0.2) is 24.1 Å². The van der Waals surface area contributed by atoms with Crippen molar-refractivity contribution < 1.29 is 17.9 Å². The van der Waals surface area contributed by atoms with Gasteiger partial charge in [-0.3, -0.25) is 5.41 Å². The van der Waals surface area contributed by atoms with Gasteiger partial charge in [-0.25, -0.2) is 0 Å². The maximum absolute atomic E-state index is 12.8. The molecule has 0 radical (unpaired) electrons. The molecule has 3 N–H and O–H groups in total. The van der Waals surface area contributed by atoms with Crippen LogP contribution in [0.5, 0.6) is 0 Å². The highest BCUT2D eigenvalue weighted by Crippen LogP contribution is 2.35. The molecular formula is C11H12F3N3O. The van der Waals surface area contributed by atoms with Crippen LogP contribution in [0.1, 0.15) is 11.1 Å². The second-order valence-corrected chi connectivity index (χ2v) is 3.95. The summed E-state index contributed by atoms with van der Waals surface area (Å²) in [5, 5.41) is 7.43. The van der Waals surface area contributed by atoms with Gasteiger partial charge in [-0.05, 0) is 12.1 Å². The van der Waals surface area contributed by atoms with E-state index in [9.17, 15) is 13.2 Å². The number of nitrogens with two attached hydrogens (primary N) is 1. The third-order valence-corrected chi connectivity index (χ3v) is 2.75. The summed E-state index contributed by atoms with van der Waals surface area (Å²) in [5.41, 5.74) is 4.90. The summed E-state index contributed by atoms with van der Waals surface area (Å²) in [4.78, 5) is 1.42. The minimum atomic E-state index is -4.45. The number of nitrogens with zero attached hydrogens (tertiary/aromatic N) is 1. The molecule has 0 bridgehead atoms. The van der Waals surface area contributed by atoms with Gasteiger partial charge in [-0.15, -0.1) is 0 Å². The Morgan fingerprint density at radius 2 is 2.11 bits per heavy atom. The lowest BCUT2D eigenvalue weighted by molar-refractivity contribution is -0.138. The highest BCUT2D eigenvalue weighted by Gasteiger charge is 2.35. The predicted octanol–water partition coefficient (Wildman–Crippen LogP) is 2.05. The van der Waals surface area contributed by atoms with Gasteiger partial charge in [0, 0.05) is 11.3 Å². The van der Waals surface area contributed by atoms with E-state index in [1.54, 1.807) is 0 Å². The molecule has 1 fully saturated rings. The van der Waals surface area contributed by atoms with Gasteiger partial charge in [0.2, 0.25) is 0 Å². The van der Waals surface area contributed by atoms with Crippen molar-refractivity contribution in [2.75, 3.05) is 18.9 Å². The first-order valence-electron chi connectivity index (χ1n) is 5.30. The fourth-order valence-corrected chi connectivity index (χ4v) is 1.83. The van der Waals surface area contributed by atoms with E-state index in [2.05, 4.69) is 0 Å². The monoisotopic (exact) mass is 259 g/mol. The molecule has 0 atom stereocenters. The summed E-state index contributed by atoms with van der Waals surface area (Å²) >= 11 is 0. The lowest BCUT2D eigenvalue weighted by Crippen LogP contribution is -2.26. The summed E-state index contributed by atoms with van der Waals surface area (Å²) in [7, 11) is 0. The SMILES string of the molecule is N=C1OCCN1Cc1c(N)cccc1C(F)(F)F. The van der Waals surface area contributed by atoms with Crippen molar-refractivity contribution in [2.45, 2.75) is 12.7 Å². The Kier molecular flexibility index (Phi) is 3.06. The molecule has 0 aliphatic carbocycles. The smallest absolute Gasteiger partial charge is 0.416 e. The van der Waals surface area contributed by atoms with Crippen LogP contribution in [0.25, 0.3) is 0 Å². The van der Waals surface area contributed by atoms with Crippen molar-refractivity contribution in [1.82, 2.24) is 4.90 Å². The zero-order chi connectivity index (χ0) is 13.3. The number of nitrogen functional groups attached to an aromatic ring is 1. The van der Waals surface area contributed by atoms with E-state index in [1.807, 2.05) is 0 Å². The van der Waals surface area contributed by atoms with Crippen molar-refractivity contribution in [3.8, 4) is 0 Å². The maximum Gasteiger partial charge on any atom is 0.416 e. The molecule has 1 aliphatic rings. The molecule has 1 aliphatic heterocycles. The molecule has 0 unspecified atom stereocenters. The number of anilines is 1. The summed E-state index contributed by atoms with van der Waals surface area (Å²) in [6, 6.07) is 3.57. The van der Waals surface area contributed by atoms with Crippen LogP contribution in [0.2, 0.25) is 0 Å². The molecular weight excluding hydrogens is 247 g/mol. The Hall–Kier alpha value is -1.92. The topological polar surface area (TPSA) is 62.3 Å². The zero-order valence-corrected chi connectivity index (χ0v) is 9.42. The molecule has 1 saturated heterocycles. The minimum absolute atomic E-state index is 0.0137. The highest BCUT2D eigenvalue weighted by atomic mass is 19.4. The van der Waals surface area contributed by atoms with Crippen LogP contribution in [0.15, 0.2) is 18.2 Å². The van der Waals surface area contributed by atoms with Crippen molar-refractivity contribution in [2.24, 2.45) is 0 Å². The maximum atomic E-state index is 12.8. The Labute approximate surface area is 102 Å². The van der Waals surface area contributed by atoms with E-state index in [4.69, 9.17) is 15.9 Å². The number of hydrogen-bond acceptors (Lipinski definition) is 3. The van der Waals surface area contributed by atoms with Crippen LogP contribution < -0.4 is 5.73 Å². The van der Waals surface area contributed by atoms with E-state index in [1.165, 1.54) is 17.0 Å². The molecule has 7 heteroatoms. The number of alkyl halides is 3. The number of hydrogen-bond donors (Lipinski definition) is 2. The van der Waals surface area contributed by atoms with Gasteiger partial charge in [0.05, 0.1) is 18.7 Å². The molecule has 98 valence electrons. The van der Waals surface area contributed by atoms with E-state index in [0.29, 0.717) is 13.2 Å². The van der Waals surface area contributed by atoms with Gasteiger partial charge in [0.15, 0.2) is 0 Å². The first kappa shape index (κ1) is 12.5. The highest BCUT2D eigenvalue weighted by molar-refractivity contribution is 5.72. The zero-order valence-electron chi connectivity index (χ0n) is 9.42. The third kappa shape index (κ3) is 2.34. The molecule has 18 heavy (non-hydrogen) atoms. The number of amidine groups is 1. The van der Waals surface area contributed by atoms with E-state index in [0.717, 1.165) is 6.07 Å². The molecule has 0 spiro atoms. The van der Waals surface area contributed by atoms with Gasteiger partial charge >= 0.3 is 6.18 Å². The second kappa shape index (κ2) is 4.40. The van der Waals surface area contributed by atoms with Crippen LogP contribution >= 0.6 is 0 Å². The molecule has 1 aromatic rings. The van der Waals surface area contributed by atoms with E-state index >= 15 is 0 Å². The molecule has 2 rings (SSSR count). The fourth-order valence-electron chi connectivity index (χ4n) is 1.83. The normalized spacial score (nSPS) is 15.9. The first-order valence-corrected chi connectivity index (χ1v) is 5.30. The molecule has 4 nitrogen and oxygen atoms in total. The number of ether oxygens (including phenoxy) is 1. The largest absolute Gasteiger partial charge is 0.463 e.